The Balaban J connectivity index is 1.44. The largest absolute Gasteiger partial charge is 0.490 e. The van der Waals surface area contributed by atoms with Gasteiger partial charge in [0.25, 0.3) is 0 Å². The van der Waals surface area contributed by atoms with Gasteiger partial charge >= 0.3 is 5.97 Å². The number of hydrogen-bond donors (Lipinski definition) is 1. The number of aryl methyl sites for hydroxylation is 1. The smallest absolute Gasteiger partial charge is 0.313 e. The van der Waals surface area contributed by atoms with Gasteiger partial charge in [0.05, 0.1) is 31.4 Å². The van der Waals surface area contributed by atoms with Crippen molar-refractivity contribution in [2.75, 3.05) is 45.3 Å². The summed E-state index contributed by atoms with van der Waals surface area (Å²) in [6.45, 7) is 7.31. The molecule has 2 aliphatic heterocycles. The van der Waals surface area contributed by atoms with Crippen LogP contribution in [-0.4, -0.2) is 62.5 Å². The van der Waals surface area contributed by atoms with Crippen LogP contribution in [0.25, 0.3) is 0 Å². The molecule has 1 spiro atoms. The summed E-state index contributed by atoms with van der Waals surface area (Å²) in [5.41, 5.74) is 5.28. The number of ether oxygens (including phenoxy) is 2. The van der Waals surface area contributed by atoms with Crippen molar-refractivity contribution in [2.24, 2.45) is 11.8 Å². The molecule has 2 aliphatic carbocycles. The Hall–Kier alpha value is -2.96. The highest BCUT2D eigenvalue weighted by Gasteiger charge is 2.44. The SMILES string of the molecule is C=C1C[C@@H](C(=O)OC)c2ccc3c(c2)N(C[C@@H]2CC[C@H]2[C@@H](O)/C=C/CCN1C)C[C@@]1(CCCc2cc(Cl)ccc21)CO3. The minimum Gasteiger partial charge on any atom is -0.490 e. The van der Waals surface area contributed by atoms with Crippen LogP contribution in [0.3, 0.4) is 0 Å². The van der Waals surface area contributed by atoms with Crippen LogP contribution in [0.15, 0.2) is 60.8 Å². The molecule has 1 saturated carbocycles. The molecule has 42 heavy (non-hydrogen) atoms. The molecule has 0 saturated heterocycles. The number of benzene rings is 2. The van der Waals surface area contributed by atoms with E-state index in [1.54, 1.807) is 0 Å². The Morgan fingerprint density at radius 3 is 2.86 bits per heavy atom. The summed E-state index contributed by atoms with van der Waals surface area (Å²) >= 11 is 6.43. The number of esters is 1. The lowest BCUT2D eigenvalue weighted by molar-refractivity contribution is -0.142. The molecule has 6 nitrogen and oxygen atoms in total. The highest BCUT2D eigenvalue weighted by atomic mass is 35.5. The van der Waals surface area contributed by atoms with Gasteiger partial charge in [-0.15, -0.1) is 0 Å². The number of carbonyl (C=O) groups excluding carboxylic acids is 1. The molecule has 0 aromatic heterocycles. The molecule has 2 bridgehead atoms. The quantitative estimate of drug-likeness (QED) is 0.313. The topological polar surface area (TPSA) is 62.2 Å². The van der Waals surface area contributed by atoms with Crippen LogP contribution in [0.1, 0.15) is 61.1 Å². The molecule has 2 aromatic carbocycles. The zero-order valence-corrected chi connectivity index (χ0v) is 25.6. The van der Waals surface area contributed by atoms with Crippen molar-refractivity contribution in [1.82, 2.24) is 4.90 Å². The van der Waals surface area contributed by atoms with Crippen LogP contribution in [0.2, 0.25) is 5.02 Å². The maximum absolute atomic E-state index is 13.2. The molecule has 4 aliphatic rings. The van der Waals surface area contributed by atoms with E-state index >= 15 is 0 Å². The minimum atomic E-state index is -0.464. The Kier molecular flexibility index (Phi) is 8.30. The molecule has 0 unspecified atom stereocenters. The molecule has 5 atom stereocenters. The van der Waals surface area contributed by atoms with Gasteiger partial charge in [0.2, 0.25) is 0 Å². The standard InChI is InChI=1S/C35H43ClN2O4/c1-23-17-29(34(40)41-3)24-10-14-33-31(19-24)38(20-26-9-12-28(26)32(39)8-4-5-16-37(23)2)21-35(22-42-33)15-6-7-25-18-27(36)11-13-30(25)35/h4,8,10-11,13-14,18-19,26,28-29,32,39H,1,5-7,9,12,15-17,20-22H2,2-3H3/b8-4+/t26-,28+,29+,32-,35-/m0/s1. The number of methoxy groups -OCH3 is 1. The summed E-state index contributed by atoms with van der Waals surface area (Å²) in [5.74, 6) is 0.718. The summed E-state index contributed by atoms with van der Waals surface area (Å²) in [6.07, 6.45) is 10.2. The molecule has 0 amide bonds. The highest BCUT2D eigenvalue weighted by Crippen LogP contribution is 2.47. The van der Waals surface area contributed by atoms with Gasteiger partial charge in [0.15, 0.2) is 0 Å². The van der Waals surface area contributed by atoms with E-state index < -0.39 is 12.0 Å². The second-order valence-electron chi connectivity index (χ2n) is 12.8. The first kappa shape index (κ1) is 29.1. The molecule has 1 fully saturated rings. The van der Waals surface area contributed by atoms with E-state index in [9.17, 15) is 9.90 Å². The van der Waals surface area contributed by atoms with Gasteiger partial charge < -0.3 is 24.4 Å². The fraction of sp³-hybridized carbons (Fsp3) is 0.514. The fourth-order valence-electron chi connectivity index (χ4n) is 7.58. The van der Waals surface area contributed by atoms with Crippen LogP contribution in [0, 0.1) is 11.8 Å². The average molecular weight is 591 g/mol. The number of rotatable bonds is 1. The highest BCUT2D eigenvalue weighted by molar-refractivity contribution is 6.30. The minimum absolute atomic E-state index is 0.172. The molecule has 6 rings (SSSR count). The van der Waals surface area contributed by atoms with Crippen LogP contribution in [0.5, 0.6) is 5.75 Å². The van der Waals surface area contributed by atoms with Gasteiger partial charge in [-0.2, -0.15) is 0 Å². The molecule has 1 N–H and O–H groups in total. The predicted molar refractivity (Wildman–Crippen MR) is 167 cm³/mol. The number of aliphatic hydroxyl groups is 1. The summed E-state index contributed by atoms with van der Waals surface area (Å²) in [4.78, 5) is 17.7. The zero-order valence-electron chi connectivity index (χ0n) is 24.9. The van der Waals surface area contributed by atoms with Gasteiger partial charge in [0, 0.05) is 49.2 Å². The van der Waals surface area contributed by atoms with E-state index in [1.165, 1.54) is 18.2 Å². The van der Waals surface area contributed by atoms with Crippen molar-refractivity contribution in [2.45, 2.75) is 62.4 Å². The number of anilines is 1. The second kappa shape index (κ2) is 12.0. The van der Waals surface area contributed by atoms with Crippen molar-refractivity contribution >= 4 is 23.3 Å². The first-order chi connectivity index (χ1) is 20.3. The number of halogens is 1. The van der Waals surface area contributed by atoms with Gasteiger partial charge in [-0.25, -0.2) is 0 Å². The third kappa shape index (κ3) is 5.56. The Morgan fingerprint density at radius 2 is 2.07 bits per heavy atom. The molecule has 2 heterocycles. The Labute approximate surface area is 254 Å². The normalized spacial score (nSPS) is 30.3. The molecule has 0 radical (unpaired) electrons. The van der Waals surface area contributed by atoms with E-state index in [4.69, 9.17) is 21.1 Å². The van der Waals surface area contributed by atoms with Crippen LogP contribution in [0.4, 0.5) is 5.69 Å². The molecule has 2 aromatic rings. The van der Waals surface area contributed by atoms with Crippen molar-refractivity contribution in [3.05, 3.63) is 82.5 Å². The first-order valence-electron chi connectivity index (χ1n) is 15.4. The van der Waals surface area contributed by atoms with Crippen molar-refractivity contribution < 1.29 is 19.4 Å². The number of carbonyl (C=O) groups is 1. The number of aliphatic hydroxyl groups excluding tert-OH is 1. The van der Waals surface area contributed by atoms with Gasteiger partial charge in [0.1, 0.15) is 5.75 Å². The molecule has 7 heteroatoms. The van der Waals surface area contributed by atoms with Crippen LogP contribution >= 0.6 is 11.6 Å². The average Bonchev–Trinajstić information content (AvgIpc) is 3.12. The monoisotopic (exact) mass is 590 g/mol. The number of fused-ring (bicyclic) bond motifs is 4. The van der Waals surface area contributed by atoms with Gasteiger partial charge in [-0.05, 0) is 91.3 Å². The Morgan fingerprint density at radius 1 is 1.21 bits per heavy atom. The zero-order chi connectivity index (χ0) is 29.4. The van der Waals surface area contributed by atoms with Gasteiger partial charge in [-0.3, -0.25) is 4.79 Å². The summed E-state index contributed by atoms with van der Waals surface area (Å²) in [7, 11) is 3.46. The third-order valence-electron chi connectivity index (χ3n) is 10.3. The molecule has 224 valence electrons. The van der Waals surface area contributed by atoms with E-state index in [-0.39, 0.29) is 17.3 Å². The third-order valence-corrected chi connectivity index (χ3v) is 10.5. The van der Waals surface area contributed by atoms with E-state index in [2.05, 4.69) is 40.7 Å². The van der Waals surface area contributed by atoms with E-state index in [0.29, 0.717) is 18.9 Å². The van der Waals surface area contributed by atoms with Gasteiger partial charge in [-0.1, -0.05) is 42.5 Å². The summed E-state index contributed by atoms with van der Waals surface area (Å²) in [6, 6.07) is 12.5. The Bertz CT molecular complexity index is 1370. The van der Waals surface area contributed by atoms with Crippen LogP contribution in [-0.2, 0) is 21.4 Å². The van der Waals surface area contributed by atoms with Crippen molar-refractivity contribution in [3.8, 4) is 5.75 Å². The maximum atomic E-state index is 13.2. The second-order valence-corrected chi connectivity index (χ2v) is 13.2. The maximum Gasteiger partial charge on any atom is 0.313 e. The lowest BCUT2D eigenvalue weighted by Crippen LogP contribution is -2.49. The first-order valence-corrected chi connectivity index (χ1v) is 15.8. The van der Waals surface area contributed by atoms with Crippen molar-refractivity contribution in [1.29, 1.82) is 0 Å². The number of allylic oxidation sites excluding steroid dienone is 1. The van der Waals surface area contributed by atoms with E-state index in [0.717, 1.165) is 85.9 Å². The predicted octanol–water partition coefficient (Wildman–Crippen LogP) is 6.25. The number of nitrogens with zero attached hydrogens (tertiary/aromatic N) is 2. The molecular weight excluding hydrogens is 548 g/mol. The molecular formula is C35H43ClN2O4. The van der Waals surface area contributed by atoms with E-state index in [1.807, 2.05) is 31.3 Å². The lowest BCUT2D eigenvalue weighted by atomic mass is 9.68. The van der Waals surface area contributed by atoms with Crippen molar-refractivity contribution in [3.63, 3.8) is 0 Å². The number of hydrogen-bond acceptors (Lipinski definition) is 6. The summed E-state index contributed by atoms with van der Waals surface area (Å²) < 4.78 is 12.0. The summed E-state index contributed by atoms with van der Waals surface area (Å²) in [5, 5.41) is 11.9. The van der Waals surface area contributed by atoms with Crippen LogP contribution < -0.4 is 9.64 Å². The lowest BCUT2D eigenvalue weighted by Gasteiger charge is -2.45. The fourth-order valence-corrected chi connectivity index (χ4v) is 7.77.